The second-order valence-electron chi connectivity index (χ2n) is 6.20. The maximum absolute atomic E-state index is 12.3. The van der Waals surface area contributed by atoms with Crippen molar-refractivity contribution < 1.29 is 14.3 Å². The highest BCUT2D eigenvalue weighted by Crippen LogP contribution is 2.25. The van der Waals surface area contributed by atoms with Crippen molar-refractivity contribution in [1.29, 1.82) is 0 Å². The predicted molar refractivity (Wildman–Crippen MR) is 94.1 cm³/mol. The number of hydrogen-bond acceptors (Lipinski definition) is 4. The molecule has 1 aromatic rings. The maximum atomic E-state index is 12.3. The first-order valence-corrected chi connectivity index (χ1v) is 8.55. The van der Waals surface area contributed by atoms with Gasteiger partial charge in [0.25, 0.3) is 0 Å². The van der Waals surface area contributed by atoms with E-state index in [1.165, 1.54) is 0 Å². The number of carbonyl (C=O) groups is 2. The number of carbonyl (C=O) groups excluding carboxylic acids is 2. The quantitative estimate of drug-likeness (QED) is 0.809. The number of para-hydroxylation sites is 2. The van der Waals surface area contributed by atoms with Gasteiger partial charge in [0.15, 0.2) is 0 Å². The van der Waals surface area contributed by atoms with E-state index >= 15 is 0 Å². The average Bonchev–Trinajstić information content (AvgIpc) is 2.56. The molecule has 1 N–H and O–H groups in total. The molecule has 0 atom stereocenters. The van der Waals surface area contributed by atoms with Crippen LogP contribution in [0, 0.1) is 0 Å². The number of nitrogens with one attached hydrogen (secondary N) is 1. The van der Waals surface area contributed by atoms with Crippen LogP contribution in [-0.2, 0) is 9.59 Å². The highest BCUT2D eigenvalue weighted by Gasteiger charge is 2.22. The van der Waals surface area contributed by atoms with Crippen molar-refractivity contribution in [2.45, 2.75) is 33.3 Å². The summed E-state index contributed by atoms with van der Waals surface area (Å²) in [4.78, 5) is 28.5. The Kier molecular flexibility index (Phi) is 6.61. The van der Waals surface area contributed by atoms with Crippen molar-refractivity contribution in [3.63, 3.8) is 0 Å². The van der Waals surface area contributed by atoms with Gasteiger partial charge in [-0.05, 0) is 32.5 Å². The van der Waals surface area contributed by atoms with Crippen LogP contribution in [-0.4, -0.2) is 60.4 Å². The van der Waals surface area contributed by atoms with Crippen LogP contribution in [0.2, 0.25) is 0 Å². The van der Waals surface area contributed by atoms with E-state index in [0.29, 0.717) is 24.5 Å². The van der Waals surface area contributed by atoms with Gasteiger partial charge >= 0.3 is 0 Å². The topological polar surface area (TPSA) is 61.9 Å². The number of ether oxygens (including phenoxy) is 1. The summed E-state index contributed by atoms with van der Waals surface area (Å²) < 4.78 is 5.68. The molecule has 6 nitrogen and oxygen atoms in total. The van der Waals surface area contributed by atoms with Gasteiger partial charge in [-0.2, -0.15) is 0 Å². The third-order valence-corrected chi connectivity index (χ3v) is 4.01. The summed E-state index contributed by atoms with van der Waals surface area (Å²) in [7, 11) is 0. The third kappa shape index (κ3) is 5.23. The minimum absolute atomic E-state index is 0.0135. The molecule has 0 aliphatic carbocycles. The predicted octanol–water partition coefficient (Wildman–Crippen LogP) is 1.97. The molecule has 0 spiro atoms. The van der Waals surface area contributed by atoms with E-state index in [0.717, 1.165) is 19.6 Å². The van der Waals surface area contributed by atoms with Crippen LogP contribution in [0.15, 0.2) is 24.3 Å². The minimum atomic E-state index is -0.308. The molecule has 0 saturated carbocycles. The lowest BCUT2D eigenvalue weighted by Gasteiger charge is -2.34. The van der Waals surface area contributed by atoms with Crippen LogP contribution >= 0.6 is 0 Å². The third-order valence-electron chi connectivity index (χ3n) is 4.01. The Bertz CT molecular complexity index is 566. The van der Waals surface area contributed by atoms with Gasteiger partial charge in [-0.15, -0.1) is 0 Å². The lowest BCUT2D eigenvalue weighted by atomic mass is 10.2. The van der Waals surface area contributed by atoms with Gasteiger partial charge in [0.1, 0.15) is 12.2 Å². The highest BCUT2D eigenvalue weighted by molar-refractivity contribution is 6.04. The smallest absolute Gasteiger partial charge is 0.233 e. The zero-order chi connectivity index (χ0) is 17.5. The van der Waals surface area contributed by atoms with Crippen LogP contribution in [0.25, 0.3) is 0 Å². The zero-order valence-corrected chi connectivity index (χ0v) is 14.7. The van der Waals surface area contributed by atoms with Crippen LogP contribution in [0.4, 0.5) is 5.69 Å². The number of amides is 2. The molecule has 2 rings (SSSR count). The highest BCUT2D eigenvalue weighted by atomic mass is 16.5. The Labute approximate surface area is 143 Å². The number of rotatable bonds is 6. The molecule has 1 aliphatic rings. The van der Waals surface area contributed by atoms with Gasteiger partial charge in [0, 0.05) is 26.2 Å². The minimum Gasteiger partial charge on any atom is -0.489 e. The first kappa shape index (κ1) is 18.3. The number of benzene rings is 1. The Morgan fingerprint density at radius 3 is 2.46 bits per heavy atom. The van der Waals surface area contributed by atoms with Gasteiger partial charge in [-0.3, -0.25) is 9.59 Å². The first-order chi connectivity index (χ1) is 11.5. The molecule has 1 saturated heterocycles. The lowest BCUT2D eigenvalue weighted by molar-refractivity contribution is -0.136. The molecule has 24 heavy (non-hydrogen) atoms. The van der Waals surface area contributed by atoms with Crippen LogP contribution in [0.5, 0.6) is 5.75 Å². The normalized spacial score (nSPS) is 15.4. The van der Waals surface area contributed by atoms with Crippen molar-refractivity contribution in [2.75, 3.05) is 38.0 Å². The van der Waals surface area contributed by atoms with E-state index in [-0.39, 0.29) is 24.3 Å². The van der Waals surface area contributed by atoms with Gasteiger partial charge in [0.2, 0.25) is 11.8 Å². The van der Waals surface area contributed by atoms with Crippen LogP contribution < -0.4 is 10.1 Å². The molecule has 1 heterocycles. The molecule has 6 heteroatoms. The van der Waals surface area contributed by atoms with Gasteiger partial charge in [-0.25, -0.2) is 0 Å². The van der Waals surface area contributed by atoms with Crippen molar-refractivity contribution in [1.82, 2.24) is 9.80 Å². The number of piperazine rings is 1. The molecular formula is C18H27N3O3. The van der Waals surface area contributed by atoms with E-state index in [4.69, 9.17) is 4.74 Å². The molecule has 0 unspecified atom stereocenters. The van der Waals surface area contributed by atoms with Crippen molar-refractivity contribution in [3.05, 3.63) is 24.3 Å². The number of likely N-dealkylation sites (N-methyl/N-ethyl adjacent to an activating group) is 1. The van der Waals surface area contributed by atoms with Crippen molar-refractivity contribution >= 4 is 17.5 Å². The number of hydrogen-bond donors (Lipinski definition) is 1. The van der Waals surface area contributed by atoms with Gasteiger partial charge in [0.05, 0.1) is 11.8 Å². The van der Waals surface area contributed by atoms with Crippen molar-refractivity contribution in [2.24, 2.45) is 0 Å². The summed E-state index contributed by atoms with van der Waals surface area (Å²) in [5, 5.41) is 2.78. The molecule has 1 aliphatic heterocycles. The van der Waals surface area contributed by atoms with E-state index < -0.39 is 0 Å². The number of anilines is 1. The Balaban J connectivity index is 1.88. The van der Waals surface area contributed by atoms with E-state index in [9.17, 15) is 9.59 Å². The van der Waals surface area contributed by atoms with E-state index in [1.807, 2.05) is 26.0 Å². The summed E-state index contributed by atoms with van der Waals surface area (Å²) in [5.74, 6) is 0.188. The van der Waals surface area contributed by atoms with E-state index in [2.05, 4.69) is 17.1 Å². The van der Waals surface area contributed by atoms with Gasteiger partial charge < -0.3 is 19.9 Å². The Morgan fingerprint density at radius 2 is 1.83 bits per heavy atom. The SMILES string of the molecule is CCN1CCN(C(=O)CC(=O)Nc2ccccc2OC(C)C)CC1. The summed E-state index contributed by atoms with van der Waals surface area (Å²) >= 11 is 0. The van der Waals surface area contributed by atoms with Crippen molar-refractivity contribution in [3.8, 4) is 5.75 Å². The molecule has 1 fully saturated rings. The second kappa shape index (κ2) is 8.68. The fraction of sp³-hybridized carbons (Fsp3) is 0.556. The molecule has 0 radical (unpaired) electrons. The summed E-state index contributed by atoms with van der Waals surface area (Å²) in [6.07, 6.45) is -0.123. The Morgan fingerprint density at radius 1 is 1.17 bits per heavy atom. The molecule has 0 aromatic heterocycles. The van der Waals surface area contributed by atoms with Crippen LogP contribution in [0.1, 0.15) is 27.2 Å². The number of nitrogens with zero attached hydrogens (tertiary/aromatic N) is 2. The lowest BCUT2D eigenvalue weighted by Crippen LogP contribution is -2.49. The fourth-order valence-electron chi connectivity index (χ4n) is 2.68. The average molecular weight is 333 g/mol. The largest absolute Gasteiger partial charge is 0.489 e. The second-order valence-corrected chi connectivity index (χ2v) is 6.20. The molecule has 2 amide bonds. The zero-order valence-electron chi connectivity index (χ0n) is 14.7. The van der Waals surface area contributed by atoms with E-state index in [1.54, 1.807) is 17.0 Å². The summed E-state index contributed by atoms with van der Waals surface area (Å²) in [5.41, 5.74) is 0.597. The standard InChI is InChI=1S/C18H27N3O3/c1-4-20-9-11-21(12-10-20)18(23)13-17(22)19-15-7-5-6-8-16(15)24-14(2)3/h5-8,14H,4,9-13H2,1-3H3,(H,19,22). The fourth-order valence-corrected chi connectivity index (χ4v) is 2.68. The van der Waals surface area contributed by atoms with Gasteiger partial charge in [-0.1, -0.05) is 19.1 Å². The molecule has 0 bridgehead atoms. The summed E-state index contributed by atoms with van der Waals surface area (Å²) in [6, 6.07) is 7.27. The first-order valence-electron chi connectivity index (χ1n) is 8.55. The molecule has 1 aromatic carbocycles. The molecule has 132 valence electrons. The van der Waals surface area contributed by atoms with Crippen LogP contribution in [0.3, 0.4) is 0 Å². The maximum Gasteiger partial charge on any atom is 0.233 e. The Hall–Kier alpha value is -2.08. The molecular weight excluding hydrogens is 306 g/mol. The summed E-state index contributed by atoms with van der Waals surface area (Å²) in [6.45, 7) is 10.1. The monoisotopic (exact) mass is 333 g/mol.